The molecular weight excluding hydrogens is 419 g/mol. The highest BCUT2D eigenvalue weighted by Crippen LogP contribution is 2.34. The van der Waals surface area contributed by atoms with E-state index in [9.17, 15) is 13.7 Å². The zero-order chi connectivity index (χ0) is 23.5. The normalized spacial score (nSPS) is 10.8. The van der Waals surface area contributed by atoms with Gasteiger partial charge in [-0.2, -0.15) is 5.26 Å². The summed E-state index contributed by atoms with van der Waals surface area (Å²) in [7, 11) is -1.00. The number of nitriles is 1. The molecule has 0 fully saturated rings. The van der Waals surface area contributed by atoms with Gasteiger partial charge >= 0.3 is 7.83 Å². The van der Waals surface area contributed by atoms with Gasteiger partial charge in [-0.1, -0.05) is 48.5 Å². The first kappa shape index (κ1) is 23.6. The maximum absolute atomic E-state index is 10.7. The highest BCUT2D eigenvalue weighted by molar-refractivity contribution is 6.15. The first-order chi connectivity index (χ1) is 16.2. The summed E-state index contributed by atoms with van der Waals surface area (Å²) in [5.74, 6) is 0. The highest BCUT2D eigenvalue weighted by atomic mass is 19.2. The molecule has 4 aromatic rings. The van der Waals surface area contributed by atoms with Crippen LogP contribution in [0.3, 0.4) is 0 Å². The van der Waals surface area contributed by atoms with Gasteiger partial charge in [-0.25, -0.2) is 0 Å². The number of anilines is 3. The molecule has 0 aliphatic rings. The Morgan fingerprint density at radius 2 is 1.36 bits per heavy atom. The van der Waals surface area contributed by atoms with E-state index in [1.807, 2.05) is 60.7 Å². The van der Waals surface area contributed by atoms with Gasteiger partial charge in [0, 0.05) is 35.4 Å². The number of halogens is 2. The van der Waals surface area contributed by atoms with Crippen LogP contribution in [-0.2, 0) is 6.42 Å². The van der Waals surface area contributed by atoms with Gasteiger partial charge in [0.15, 0.2) is 0 Å². The number of aliphatic hydroxyl groups excluding tert-OH is 1. The first-order valence-electron chi connectivity index (χ1n) is 10.2. The minimum absolute atomic E-state index is 0.357. The van der Waals surface area contributed by atoms with Crippen molar-refractivity contribution in [1.82, 2.24) is 4.98 Å². The summed E-state index contributed by atoms with van der Waals surface area (Å²) in [6.45, 7) is 0. The molecule has 163 valence electrons. The van der Waals surface area contributed by atoms with Gasteiger partial charge in [0.25, 0.3) is 0 Å². The zero-order valence-corrected chi connectivity index (χ0v) is 17.7. The predicted octanol–water partition coefficient (Wildman–Crippen LogP) is 6.16. The van der Waals surface area contributed by atoms with Crippen LogP contribution in [-0.4, -0.2) is 17.9 Å². The molecule has 0 bridgehead atoms. The molecule has 0 spiro atoms. The third kappa shape index (κ3) is 6.48. The molecule has 0 aliphatic heterocycles. The van der Waals surface area contributed by atoms with Crippen molar-refractivity contribution < 1.29 is 13.7 Å². The average Bonchev–Trinajstić information content (AvgIpc) is 2.86. The van der Waals surface area contributed by atoms with Crippen LogP contribution >= 0.6 is 0 Å². The van der Waals surface area contributed by atoms with E-state index < -0.39 is 13.9 Å². The minimum atomic E-state index is -1.00. The largest absolute Gasteiger partial charge is 0.577 e. The number of nitrogens with zero attached hydrogens (tertiary/aromatic N) is 3. The Morgan fingerprint density at radius 1 is 0.848 bits per heavy atom. The fourth-order valence-corrected chi connectivity index (χ4v) is 3.42. The summed E-state index contributed by atoms with van der Waals surface area (Å²) in [5, 5.41) is 19.7. The topological polar surface area (TPSA) is 60.1 Å². The Kier molecular flexibility index (Phi) is 8.69. The summed E-state index contributed by atoms with van der Waals surface area (Å²) >= 11 is 0. The maximum Gasteiger partial charge on any atom is 0.577 e. The smallest absolute Gasteiger partial charge is 0.388 e. The van der Waals surface area contributed by atoms with Crippen LogP contribution in [0.5, 0.6) is 0 Å². The fourth-order valence-electron chi connectivity index (χ4n) is 3.42. The summed E-state index contributed by atoms with van der Waals surface area (Å²) in [6.07, 6.45) is 1.26. The SMILES string of the molecule is F[B]F.N#Cc1ccnc(CC(O)c2ccc(N(c3ccccc3)c3ccccc3)cc2)c1. The van der Waals surface area contributed by atoms with E-state index in [-0.39, 0.29) is 0 Å². The Morgan fingerprint density at radius 3 is 1.88 bits per heavy atom. The van der Waals surface area contributed by atoms with E-state index in [1.165, 1.54) is 0 Å². The van der Waals surface area contributed by atoms with E-state index in [4.69, 9.17) is 5.26 Å². The molecule has 0 aliphatic carbocycles. The molecule has 1 atom stereocenters. The molecule has 4 rings (SSSR count). The predicted molar refractivity (Wildman–Crippen MR) is 127 cm³/mol. The summed E-state index contributed by atoms with van der Waals surface area (Å²) in [6, 6.07) is 33.7. The molecule has 33 heavy (non-hydrogen) atoms. The van der Waals surface area contributed by atoms with E-state index in [2.05, 4.69) is 40.2 Å². The summed E-state index contributed by atoms with van der Waals surface area (Å²) in [4.78, 5) is 6.43. The quantitative estimate of drug-likeness (QED) is 0.365. The van der Waals surface area contributed by atoms with Gasteiger partial charge in [-0.05, 0) is 54.1 Å². The number of rotatable bonds is 6. The molecule has 0 saturated carbocycles. The lowest BCUT2D eigenvalue weighted by Crippen LogP contribution is -2.10. The molecule has 1 N–H and O–H groups in total. The maximum atomic E-state index is 10.7. The van der Waals surface area contributed by atoms with E-state index in [0.717, 1.165) is 22.6 Å². The van der Waals surface area contributed by atoms with Crippen molar-refractivity contribution in [2.45, 2.75) is 12.5 Å². The Labute approximate surface area is 192 Å². The number of hydrogen-bond acceptors (Lipinski definition) is 4. The Bertz CT molecular complexity index is 1130. The number of aliphatic hydroxyl groups is 1. The second kappa shape index (κ2) is 12.1. The fraction of sp³-hybridized carbons (Fsp3) is 0.0769. The van der Waals surface area contributed by atoms with Gasteiger partial charge in [0.1, 0.15) is 0 Å². The van der Waals surface area contributed by atoms with Crippen LogP contribution in [0, 0.1) is 11.3 Å². The molecule has 1 aromatic heterocycles. The van der Waals surface area contributed by atoms with Crippen LogP contribution in [0.2, 0.25) is 0 Å². The molecule has 1 radical (unpaired) electrons. The van der Waals surface area contributed by atoms with Crippen molar-refractivity contribution in [3.05, 3.63) is 120 Å². The molecule has 4 nitrogen and oxygen atoms in total. The minimum Gasteiger partial charge on any atom is -0.388 e. The lowest BCUT2D eigenvalue weighted by molar-refractivity contribution is 0.177. The standard InChI is InChI=1S/C26H21N3O.BF2/c27-19-20-15-16-28-22(17-20)18-26(30)21-11-13-25(14-12-21)29(23-7-3-1-4-8-23)24-9-5-2-6-10-24;2-1-3/h1-17,26,30H,18H2;. The van der Waals surface area contributed by atoms with Crippen molar-refractivity contribution in [3.63, 3.8) is 0 Å². The number of hydrogen-bond donors (Lipinski definition) is 1. The van der Waals surface area contributed by atoms with E-state index in [1.54, 1.807) is 18.3 Å². The summed E-state index contributed by atoms with van der Waals surface area (Å²) < 4.78 is 19.0. The second-order valence-electron chi connectivity index (χ2n) is 7.05. The van der Waals surface area contributed by atoms with E-state index in [0.29, 0.717) is 17.7 Å². The van der Waals surface area contributed by atoms with Crippen molar-refractivity contribution in [2.24, 2.45) is 0 Å². The average molecular weight is 440 g/mol. The van der Waals surface area contributed by atoms with E-state index >= 15 is 0 Å². The van der Waals surface area contributed by atoms with Crippen LogP contribution in [0.15, 0.2) is 103 Å². The number of para-hydroxylation sites is 2. The molecule has 0 saturated heterocycles. The molecule has 7 heteroatoms. The van der Waals surface area contributed by atoms with Gasteiger partial charge in [0.2, 0.25) is 0 Å². The molecular formula is C26H21BF2N3O. The third-order valence-corrected chi connectivity index (χ3v) is 4.91. The van der Waals surface area contributed by atoms with Crippen LogP contribution < -0.4 is 4.90 Å². The van der Waals surface area contributed by atoms with Crippen LogP contribution in [0.4, 0.5) is 25.7 Å². The molecule has 3 aromatic carbocycles. The molecule has 0 amide bonds. The van der Waals surface area contributed by atoms with Crippen LogP contribution in [0.1, 0.15) is 22.9 Å². The number of pyridine rings is 1. The zero-order valence-electron chi connectivity index (χ0n) is 17.7. The van der Waals surface area contributed by atoms with Gasteiger partial charge in [0.05, 0.1) is 17.7 Å². The third-order valence-electron chi connectivity index (χ3n) is 4.91. The number of aromatic nitrogens is 1. The Balaban J connectivity index is 0.000000968. The first-order valence-corrected chi connectivity index (χ1v) is 10.2. The van der Waals surface area contributed by atoms with Crippen LogP contribution in [0.25, 0.3) is 0 Å². The van der Waals surface area contributed by atoms with Crippen molar-refractivity contribution in [1.29, 1.82) is 5.26 Å². The molecule has 1 heterocycles. The summed E-state index contributed by atoms with van der Waals surface area (Å²) in [5.41, 5.74) is 5.19. The van der Waals surface area contributed by atoms with Gasteiger partial charge in [-0.15, -0.1) is 0 Å². The lowest BCUT2D eigenvalue weighted by atomic mass is 10.0. The highest BCUT2D eigenvalue weighted by Gasteiger charge is 2.14. The van der Waals surface area contributed by atoms with Gasteiger partial charge < -0.3 is 10.0 Å². The van der Waals surface area contributed by atoms with Crippen molar-refractivity contribution >= 4 is 24.9 Å². The molecule has 1 unspecified atom stereocenters. The van der Waals surface area contributed by atoms with Crippen molar-refractivity contribution in [3.8, 4) is 6.07 Å². The second-order valence-corrected chi connectivity index (χ2v) is 7.05. The van der Waals surface area contributed by atoms with Crippen molar-refractivity contribution in [2.75, 3.05) is 4.90 Å². The Hall–Kier alpha value is -4.02. The van der Waals surface area contributed by atoms with Gasteiger partial charge in [-0.3, -0.25) is 13.6 Å². The lowest BCUT2D eigenvalue weighted by Gasteiger charge is -2.25. The number of benzene rings is 3. The monoisotopic (exact) mass is 440 g/mol.